The fraction of sp³-hybridized carbons (Fsp3) is 0.875. The summed E-state index contributed by atoms with van der Waals surface area (Å²) < 4.78 is 4.15. The molecule has 0 rings (SSSR count). The fourth-order valence-electron chi connectivity index (χ4n) is 0.422. The van der Waals surface area contributed by atoms with E-state index in [4.69, 9.17) is 0 Å². The number of rotatable bonds is 4. The summed E-state index contributed by atoms with van der Waals surface area (Å²) in [6.45, 7) is 7.09. The minimum atomic E-state index is 0.431. The molecule has 0 fully saturated rings. The summed E-state index contributed by atoms with van der Waals surface area (Å²) in [5, 5.41) is 0. The molecule has 0 spiro atoms. The summed E-state index contributed by atoms with van der Waals surface area (Å²) in [5.74, 6) is 0. The Morgan fingerprint density at radius 1 is 1.20 bits per heavy atom. The first-order chi connectivity index (χ1) is 4.83. The van der Waals surface area contributed by atoms with E-state index in [1.54, 1.807) is 6.92 Å². The maximum absolute atomic E-state index is 9.18. The lowest BCUT2D eigenvalue weighted by Gasteiger charge is -1.79. The smallest absolute Gasteiger partial charge is 0.293 e. The monoisotopic (exact) mass is 146 g/mol. The van der Waals surface area contributed by atoms with Gasteiger partial charge >= 0.3 is 0 Å². The normalized spacial score (nSPS) is 7.50. The van der Waals surface area contributed by atoms with Crippen molar-refractivity contribution in [2.75, 3.05) is 6.61 Å². The summed E-state index contributed by atoms with van der Waals surface area (Å²) in [5.41, 5.74) is 0. The summed E-state index contributed by atoms with van der Waals surface area (Å²) >= 11 is 0. The van der Waals surface area contributed by atoms with Crippen LogP contribution < -0.4 is 0 Å². The third-order valence-corrected chi connectivity index (χ3v) is 0.942. The van der Waals surface area contributed by atoms with E-state index in [0.29, 0.717) is 13.1 Å². The maximum Gasteiger partial charge on any atom is 0.293 e. The van der Waals surface area contributed by atoms with Crippen LogP contribution in [0.5, 0.6) is 0 Å². The van der Waals surface area contributed by atoms with Gasteiger partial charge in [-0.25, -0.2) is 0 Å². The Bertz CT molecular complexity index is 51.2. The number of hydrogen-bond donors (Lipinski definition) is 0. The number of carbonyl (C=O) groups excluding carboxylic acids is 1. The Kier molecular flexibility index (Phi) is 19.2. The third kappa shape index (κ3) is 26.0. The number of unbranched alkanes of at least 4 members (excludes halogenated alkanes) is 2. The van der Waals surface area contributed by atoms with Crippen LogP contribution in [0.1, 0.15) is 40.0 Å². The van der Waals surface area contributed by atoms with Crippen molar-refractivity contribution in [2.45, 2.75) is 40.0 Å². The van der Waals surface area contributed by atoms with Gasteiger partial charge in [-0.3, -0.25) is 4.79 Å². The molecule has 0 saturated carbocycles. The molecule has 0 atom stereocenters. The highest BCUT2D eigenvalue weighted by Crippen LogP contribution is 1.88. The van der Waals surface area contributed by atoms with Crippen LogP contribution in [-0.2, 0) is 9.53 Å². The van der Waals surface area contributed by atoms with E-state index in [1.165, 1.54) is 19.3 Å². The molecule has 0 aromatic carbocycles. The lowest BCUT2D eigenvalue weighted by atomic mass is 10.3. The van der Waals surface area contributed by atoms with Gasteiger partial charge in [-0.05, 0) is 6.92 Å². The van der Waals surface area contributed by atoms with Crippen LogP contribution in [0.25, 0.3) is 0 Å². The van der Waals surface area contributed by atoms with Crippen LogP contribution in [-0.4, -0.2) is 13.1 Å². The minimum Gasteiger partial charge on any atom is -0.468 e. The molecule has 0 N–H and O–H groups in total. The van der Waals surface area contributed by atoms with Gasteiger partial charge in [0, 0.05) is 0 Å². The topological polar surface area (TPSA) is 26.3 Å². The Hall–Kier alpha value is -0.530. The minimum absolute atomic E-state index is 0.431. The summed E-state index contributed by atoms with van der Waals surface area (Å²) in [6.07, 6.45) is 4.08. The van der Waals surface area contributed by atoms with Crippen LogP contribution in [0, 0.1) is 0 Å². The van der Waals surface area contributed by atoms with Gasteiger partial charge in [0.2, 0.25) is 0 Å². The predicted molar refractivity (Wildman–Crippen MR) is 42.9 cm³/mol. The zero-order valence-corrected chi connectivity index (χ0v) is 7.22. The first-order valence-electron chi connectivity index (χ1n) is 3.88. The fourth-order valence-corrected chi connectivity index (χ4v) is 0.422. The van der Waals surface area contributed by atoms with Gasteiger partial charge in [-0.1, -0.05) is 33.1 Å². The Balaban J connectivity index is 0. The predicted octanol–water partition coefficient (Wildman–Crippen LogP) is 2.38. The Morgan fingerprint density at radius 2 is 1.70 bits per heavy atom. The quantitative estimate of drug-likeness (QED) is 0.569. The largest absolute Gasteiger partial charge is 0.468 e. The number of carbonyl (C=O) groups is 1. The van der Waals surface area contributed by atoms with E-state index in [0.717, 1.165) is 0 Å². The lowest BCUT2D eigenvalue weighted by Crippen LogP contribution is -1.80. The highest BCUT2D eigenvalue weighted by atomic mass is 16.5. The van der Waals surface area contributed by atoms with Crippen molar-refractivity contribution < 1.29 is 9.53 Å². The van der Waals surface area contributed by atoms with Crippen molar-refractivity contribution in [3.63, 3.8) is 0 Å². The van der Waals surface area contributed by atoms with Crippen molar-refractivity contribution in [2.24, 2.45) is 0 Å². The van der Waals surface area contributed by atoms with Crippen molar-refractivity contribution in [1.82, 2.24) is 0 Å². The maximum atomic E-state index is 9.18. The zero-order valence-electron chi connectivity index (χ0n) is 7.22. The van der Waals surface area contributed by atoms with Crippen molar-refractivity contribution >= 4 is 6.47 Å². The molecule has 0 radical (unpaired) electrons. The van der Waals surface area contributed by atoms with Crippen LogP contribution in [0.2, 0.25) is 0 Å². The molecule has 0 aliphatic heterocycles. The summed E-state index contributed by atoms with van der Waals surface area (Å²) in [7, 11) is 0. The van der Waals surface area contributed by atoms with Gasteiger partial charge in [0.1, 0.15) is 0 Å². The summed E-state index contributed by atoms with van der Waals surface area (Å²) in [6, 6.07) is 0. The third-order valence-electron chi connectivity index (χ3n) is 0.942. The van der Waals surface area contributed by atoms with E-state index in [9.17, 15) is 4.79 Å². The van der Waals surface area contributed by atoms with E-state index < -0.39 is 0 Å². The van der Waals surface area contributed by atoms with Gasteiger partial charge in [0.15, 0.2) is 0 Å². The van der Waals surface area contributed by atoms with Crippen LogP contribution in [0.4, 0.5) is 0 Å². The van der Waals surface area contributed by atoms with Crippen molar-refractivity contribution in [1.29, 1.82) is 0 Å². The van der Waals surface area contributed by atoms with Gasteiger partial charge < -0.3 is 4.74 Å². The zero-order chi connectivity index (χ0) is 8.24. The van der Waals surface area contributed by atoms with Crippen molar-refractivity contribution in [3.8, 4) is 0 Å². The highest BCUT2D eigenvalue weighted by Gasteiger charge is 1.68. The first kappa shape index (κ1) is 12.2. The second-order valence-electron chi connectivity index (χ2n) is 1.91. The molecule has 0 aromatic heterocycles. The average Bonchev–Trinajstić information content (AvgIpc) is 1.93. The molecule has 0 aliphatic rings. The lowest BCUT2D eigenvalue weighted by molar-refractivity contribution is -0.128. The van der Waals surface area contributed by atoms with Gasteiger partial charge in [-0.2, -0.15) is 0 Å². The molecule has 0 saturated heterocycles. The second-order valence-corrected chi connectivity index (χ2v) is 1.91. The van der Waals surface area contributed by atoms with Crippen LogP contribution in [0.3, 0.4) is 0 Å². The Labute approximate surface area is 63.6 Å². The number of ether oxygens (including phenoxy) is 1. The van der Waals surface area contributed by atoms with E-state index >= 15 is 0 Å². The molecule has 2 heteroatoms. The molecular formula is C8H18O2. The molecule has 0 heterocycles. The number of hydrogen-bond acceptors (Lipinski definition) is 2. The summed E-state index contributed by atoms with van der Waals surface area (Å²) in [4.78, 5) is 9.18. The van der Waals surface area contributed by atoms with E-state index in [2.05, 4.69) is 18.6 Å². The van der Waals surface area contributed by atoms with Gasteiger partial charge in [-0.15, -0.1) is 0 Å². The Morgan fingerprint density at radius 3 is 1.70 bits per heavy atom. The first-order valence-corrected chi connectivity index (χ1v) is 3.88. The molecule has 0 aromatic rings. The molecule has 10 heavy (non-hydrogen) atoms. The average molecular weight is 146 g/mol. The van der Waals surface area contributed by atoms with Gasteiger partial charge in [0.05, 0.1) is 6.61 Å². The van der Waals surface area contributed by atoms with Crippen LogP contribution >= 0.6 is 0 Å². The second kappa shape index (κ2) is 15.8. The van der Waals surface area contributed by atoms with E-state index in [1.807, 2.05) is 0 Å². The standard InChI is InChI=1S/C5H12.C3H6O2/c1-3-5-4-2;1-2-5-3-4/h3-5H2,1-2H3;3H,2H2,1H3. The SMILES string of the molecule is CCCCC.CCOC=O. The highest BCUT2D eigenvalue weighted by molar-refractivity contribution is 5.36. The molecule has 0 bridgehead atoms. The van der Waals surface area contributed by atoms with Crippen molar-refractivity contribution in [3.05, 3.63) is 0 Å². The molecule has 0 amide bonds. The van der Waals surface area contributed by atoms with E-state index in [-0.39, 0.29) is 0 Å². The molecule has 0 aliphatic carbocycles. The van der Waals surface area contributed by atoms with Gasteiger partial charge in [0.25, 0.3) is 6.47 Å². The molecule has 0 unspecified atom stereocenters. The molecular weight excluding hydrogens is 128 g/mol. The molecule has 62 valence electrons. The molecule has 2 nitrogen and oxygen atoms in total. The van der Waals surface area contributed by atoms with Crippen LogP contribution in [0.15, 0.2) is 0 Å².